The third kappa shape index (κ3) is 3.29. The van der Waals surface area contributed by atoms with Gasteiger partial charge in [-0.1, -0.05) is 97.1 Å². The molecule has 0 fully saturated rings. The molecule has 0 amide bonds. The number of hydrogen-bond donors (Lipinski definition) is 0. The molecule has 0 radical (unpaired) electrons. The van der Waals surface area contributed by atoms with Crippen LogP contribution in [-0.4, -0.2) is 0 Å². The second-order valence-corrected chi connectivity index (χ2v) is 10.4. The van der Waals surface area contributed by atoms with E-state index >= 15 is 8.78 Å². The first kappa shape index (κ1) is 24.6. The second kappa shape index (κ2) is 8.88. The molecule has 0 aliphatic heterocycles. The Hall–Kier alpha value is -5.23. The topological polar surface area (TPSA) is 3.24 Å². The van der Waals surface area contributed by atoms with Crippen molar-refractivity contribution in [2.24, 2.45) is 0 Å². The summed E-state index contributed by atoms with van der Waals surface area (Å²) in [5.41, 5.74) is -0.449. The minimum absolute atomic E-state index is 0.283. The van der Waals surface area contributed by atoms with Crippen LogP contribution in [0.2, 0.25) is 0 Å². The van der Waals surface area contributed by atoms with Gasteiger partial charge in [0.1, 0.15) is 5.69 Å². The molecule has 0 heterocycles. The lowest BCUT2D eigenvalue weighted by molar-refractivity contribution is 0.380. The van der Waals surface area contributed by atoms with Crippen LogP contribution in [0.1, 0.15) is 0 Å². The summed E-state index contributed by atoms with van der Waals surface area (Å²) < 4.78 is 75.8. The Morgan fingerprint density at radius 1 is 0.357 bits per heavy atom. The number of rotatable bonds is 3. The zero-order valence-corrected chi connectivity index (χ0v) is 21.7. The minimum atomic E-state index is -2.20. The average molecular weight is 560 g/mol. The highest BCUT2D eigenvalue weighted by Gasteiger charge is 2.33. The van der Waals surface area contributed by atoms with Crippen molar-refractivity contribution in [3.63, 3.8) is 0 Å². The third-order valence-electron chi connectivity index (χ3n) is 8.12. The van der Waals surface area contributed by atoms with Gasteiger partial charge in [-0.25, -0.2) is 22.0 Å². The predicted octanol–water partition coefficient (Wildman–Crippen LogP) is 11.1. The first-order chi connectivity index (χ1) is 20.4. The normalized spacial score (nSPS) is 11.9. The van der Waals surface area contributed by atoms with E-state index in [-0.39, 0.29) is 5.69 Å². The largest absolute Gasteiger partial charge is 0.303 e. The van der Waals surface area contributed by atoms with E-state index in [1.165, 1.54) is 4.90 Å². The molecule has 0 bridgehead atoms. The van der Waals surface area contributed by atoms with Crippen LogP contribution >= 0.6 is 0 Å². The molecule has 0 aromatic heterocycles. The monoisotopic (exact) mass is 559 g/mol. The van der Waals surface area contributed by atoms with Gasteiger partial charge in [-0.2, -0.15) is 0 Å². The lowest BCUT2D eigenvalue weighted by atomic mass is 9.92. The molecule has 0 N–H and O–H groups in total. The Labute approximate surface area is 236 Å². The van der Waals surface area contributed by atoms with Crippen LogP contribution in [0.5, 0.6) is 0 Å². The number of hydrogen-bond acceptors (Lipinski definition) is 1. The Morgan fingerprint density at radius 2 is 0.833 bits per heavy atom. The Bertz CT molecular complexity index is 2280. The van der Waals surface area contributed by atoms with Crippen LogP contribution < -0.4 is 4.90 Å². The van der Waals surface area contributed by atoms with Crippen LogP contribution in [0.25, 0.3) is 53.9 Å². The van der Waals surface area contributed by atoms with Crippen molar-refractivity contribution in [3.8, 4) is 0 Å². The molecule has 0 aliphatic carbocycles. The fourth-order valence-electron chi connectivity index (χ4n) is 6.29. The SMILES string of the molecule is Fc1c(F)c(F)c(N(c2c3ccccc3cc3ccccc23)c2ccc3ccc4cccc5ccc2c3c45)c(F)c1F. The molecule has 0 saturated carbocycles. The van der Waals surface area contributed by atoms with Gasteiger partial charge in [-0.3, -0.25) is 0 Å². The van der Waals surface area contributed by atoms with Crippen molar-refractivity contribution in [1.29, 1.82) is 0 Å². The molecular formula is C36H18F5N. The number of fused-ring (bicyclic) bond motifs is 2. The zero-order valence-electron chi connectivity index (χ0n) is 21.7. The third-order valence-corrected chi connectivity index (χ3v) is 8.12. The summed E-state index contributed by atoms with van der Waals surface area (Å²) in [6.07, 6.45) is 0. The maximum atomic E-state index is 15.9. The average Bonchev–Trinajstić information content (AvgIpc) is 3.03. The molecule has 8 rings (SSSR count). The first-order valence-electron chi connectivity index (χ1n) is 13.3. The van der Waals surface area contributed by atoms with E-state index in [1.807, 2.05) is 78.9 Å². The maximum Gasteiger partial charge on any atom is 0.200 e. The first-order valence-corrected chi connectivity index (χ1v) is 13.3. The summed E-state index contributed by atoms with van der Waals surface area (Å²) in [6.45, 7) is 0. The molecule has 8 aromatic carbocycles. The standard InChI is InChI=1S/C36H18F5N/c37-30-31(38)33(40)36(34(41)32(30)39)42(35-24-10-3-1-6-22(24)18-23-7-2-4-11-25(23)35)27-17-15-21-13-12-19-8-5-9-20-14-16-26(27)29(21)28(19)20/h1-18H. The molecular weight excluding hydrogens is 541 g/mol. The van der Waals surface area contributed by atoms with Crippen LogP contribution in [-0.2, 0) is 0 Å². The molecule has 42 heavy (non-hydrogen) atoms. The molecule has 6 heteroatoms. The van der Waals surface area contributed by atoms with Crippen LogP contribution in [0.3, 0.4) is 0 Å². The van der Waals surface area contributed by atoms with Gasteiger partial charge in [0.2, 0.25) is 5.82 Å². The fraction of sp³-hybridized carbons (Fsp3) is 0. The molecule has 0 spiro atoms. The fourth-order valence-corrected chi connectivity index (χ4v) is 6.29. The number of benzene rings is 8. The Balaban J connectivity index is 1.61. The van der Waals surface area contributed by atoms with Crippen molar-refractivity contribution in [2.45, 2.75) is 0 Å². The summed E-state index contributed by atoms with van der Waals surface area (Å²) in [7, 11) is 0. The number of nitrogens with zero attached hydrogens (tertiary/aromatic N) is 1. The highest BCUT2D eigenvalue weighted by Crippen LogP contribution is 2.49. The molecule has 1 nitrogen and oxygen atoms in total. The molecule has 8 aromatic rings. The second-order valence-electron chi connectivity index (χ2n) is 10.4. The molecule has 0 unspecified atom stereocenters. The van der Waals surface area contributed by atoms with Gasteiger partial charge < -0.3 is 4.90 Å². The van der Waals surface area contributed by atoms with Crippen LogP contribution in [0, 0.1) is 29.1 Å². The summed E-state index contributed by atoms with van der Waals surface area (Å²) in [4.78, 5) is 1.20. The zero-order chi connectivity index (χ0) is 28.7. The van der Waals surface area contributed by atoms with E-state index in [1.54, 1.807) is 30.3 Å². The highest BCUT2D eigenvalue weighted by atomic mass is 19.2. The lowest BCUT2D eigenvalue weighted by Crippen LogP contribution is -2.18. The molecule has 0 atom stereocenters. The van der Waals surface area contributed by atoms with Gasteiger partial charge in [0.25, 0.3) is 0 Å². The van der Waals surface area contributed by atoms with Gasteiger partial charge in [0, 0.05) is 16.2 Å². The molecule has 202 valence electrons. The Morgan fingerprint density at radius 3 is 1.45 bits per heavy atom. The quantitative estimate of drug-likeness (QED) is 0.0684. The smallest absolute Gasteiger partial charge is 0.200 e. The Kier molecular flexibility index (Phi) is 5.19. The highest BCUT2D eigenvalue weighted by molar-refractivity contribution is 6.26. The van der Waals surface area contributed by atoms with E-state index in [0.29, 0.717) is 21.8 Å². The van der Waals surface area contributed by atoms with Crippen molar-refractivity contribution >= 4 is 70.9 Å². The van der Waals surface area contributed by atoms with Gasteiger partial charge >= 0.3 is 0 Å². The van der Waals surface area contributed by atoms with Gasteiger partial charge in [-0.15, -0.1) is 0 Å². The predicted molar refractivity (Wildman–Crippen MR) is 160 cm³/mol. The summed E-state index contributed by atoms with van der Waals surface area (Å²) in [6, 6.07) is 33.6. The number of anilines is 3. The van der Waals surface area contributed by atoms with Crippen molar-refractivity contribution in [1.82, 2.24) is 0 Å². The summed E-state index contributed by atoms with van der Waals surface area (Å²) in [5, 5.41) is 7.90. The van der Waals surface area contributed by atoms with Gasteiger partial charge in [-0.05, 0) is 49.8 Å². The van der Waals surface area contributed by atoms with Crippen molar-refractivity contribution in [3.05, 3.63) is 138 Å². The summed E-state index contributed by atoms with van der Waals surface area (Å²) in [5.74, 6) is -10.0. The molecule has 0 saturated heterocycles. The maximum absolute atomic E-state index is 15.9. The minimum Gasteiger partial charge on any atom is -0.303 e. The van der Waals surface area contributed by atoms with E-state index < -0.39 is 34.8 Å². The summed E-state index contributed by atoms with van der Waals surface area (Å²) >= 11 is 0. The van der Waals surface area contributed by atoms with Crippen LogP contribution in [0.4, 0.5) is 39.0 Å². The van der Waals surface area contributed by atoms with Crippen LogP contribution in [0.15, 0.2) is 109 Å². The van der Waals surface area contributed by atoms with Gasteiger partial charge in [0.15, 0.2) is 23.3 Å². The van der Waals surface area contributed by atoms with Crippen molar-refractivity contribution in [2.75, 3.05) is 4.90 Å². The van der Waals surface area contributed by atoms with E-state index in [4.69, 9.17) is 0 Å². The molecule has 0 aliphatic rings. The number of halogens is 5. The van der Waals surface area contributed by atoms with E-state index in [2.05, 4.69) is 0 Å². The lowest BCUT2D eigenvalue weighted by Gasteiger charge is -2.30. The van der Waals surface area contributed by atoms with E-state index in [0.717, 1.165) is 37.7 Å². The van der Waals surface area contributed by atoms with Gasteiger partial charge in [0.05, 0.1) is 11.4 Å². The van der Waals surface area contributed by atoms with E-state index in [9.17, 15) is 13.2 Å². The van der Waals surface area contributed by atoms with Crippen molar-refractivity contribution < 1.29 is 22.0 Å².